The molecule has 59 heavy (non-hydrogen) atoms. The lowest BCUT2D eigenvalue weighted by molar-refractivity contribution is -0.239. The summed E-state index contributed by atoms with van der Waals surface area (Å²) in [4.78, 5) is 51.3. The van der Waals surface area contributed by atoms with Crippen LogP contribution < -0.4 is 10.6 Å². The van der Waals surface area contributed by atoms with Crippen LogP contribution in [0.25, 0.3) is 22.5 Å². The zero-order chi connectivity index (χ0) is 43.9. The summed E-state index contributed by atoms with van der Waals surface area (Å²) < 4.78 is 30.7. The zero-order valence-corrected chi connectivity index (χ0v) is 37.2. The molecule has 5 N–H and O–H groups in total. The third kappa shape index (κ3) is 15.8. The molecule has 0 saturated heterocycles. The first kappa shape index (κ1) is 49.3. The van der Waals surface area contributed by atoms with Crippen molar-refractivity contribution >= 4 is 35.5 Å². The molecule has 2 heterocycles. The van der Waals surface area contributed by atoms with Crippen LogP contribution in [0.3, 0.4) is 0 Å². The molecule has 2 aromatic heterocycles. The number of hydrogen-bond acceptors (Lipinski definition) is 13. The lowest BCUT2D eigenvalue weighted by atomic mass is 9.81. The monoisotopic (exact) mass is 843 g/mol. The minimum Gasteiger partial charge on any atom is -0.465 e. The van der Waals surface area contributed by atoms with Crippen LogP contribution in [-0.4, -0.2) is 92.6 Å². The Kier molecular flexibility index (Phi) is 19.8. The van der Waals surface area contributed by atoms with Crippen LogP contribution in [0.4, 0.5) is 10.2 Å². The number of ether oxygens (including phenoxy) is 3. The van der Waals surface area contributed by atoms with E-state index in [1.54, 1.807) is 32.3 Å². The van der Waals surface area contributed by atoms with Gasteiger partial charge in [0, 0.05) is 47.5 Å². The van der Waals surface area contributed by atoms with Crippen molar-refractivity contribution < 1.29 is 43.2 Å². The van der Waals surface area contributed by atoms with Gasteiger partial charge >= 0.3 is 17.9 Å². The summed E-state index contributed by atoms with van der Waals surface area (Å²) in [5.74, 6) is -4.48. The van der Waals surface area contributed by atoms with Crippen LogP contribution in [0, 0.1) is 29.5 Å². The highest BCUT2D eigenvalue weighted by atomic mass is 32.2. The number of aromatic amines is 1. The molecule has 1 aromatic carbocycles. The summed E-state index contributed by atoms with van der Waals surface area (Å²) in [5, 5.41) is 28.9. The number of hydrogen-bond donors (Lipinski definition) is 5. The molecule has 0 bridgehead atoms. The molecule has 0 spiro atoms. The van der Waals surface area contributed by atoms with Crippen molar-refractivity contribution in [1.82, 2.24) is 20.3 Å². The number of carbonyl (C=O) groups is 3. The summed E-state index contributed by atoms with van der Waals surface area (Å²) in [6, 6.07) is 9.76. The Bertz CT molecular complexity index is 1770. The molecule has 0 aliphatic heterocycles. The predicted molar refractivity (Wildman–Crippen MR) is 229 cm³/mol. The van der Waals surface area contributed by atoms with Crippen molar-refractivity contribution in [3.05, 3.63) is 48.4 Å². The summed E-state index contributed by atoms with van der Waals surface area (Å²) in [6.45, 7) is 17.2. The Morgan fingerprint density at radius 2 is 1.59 bits per heavy atom. The Balaban J connectivity index is 1.53. The average Bonchev–Trinajstić information content (AvgIpc) is 3.61. The standard InChI is InChI=1S/C44H66FN5O8S/c1-11-35(57-42(53)30(8)44(54,55)29(7)23-28(6)22-26(2)3)25-36(31(9)46-10)58-39(52)17-16-38(51)56-20-21-59-43-49-40(32-12-14-34(45)15-13-32)41(50-43)33-18-19-47-37(24-33)48-27(4)5/h12-15,18-19,24,26-31,35-36,46,54-55H,11,16-17,20-23,25H2,1-10H3,(H,47,48)(H,49,50)/t28?,29-,30+,31-,35-,36+/m1/s1. The number of carbonyl (C=O) groups excluding carboxylic acids is 3. The average molecular weight is 844 g/mol. The number of nitrogens with one attached hydrogen (secondary N) is 3. The number of H-pyrrole nitrogens is 1. The van der Waals surface area contributed by atoms with Crippen molar-refractivity contribution in [2.75, 3.05) is 24.7 Å². The number of nitrogens with zero attached hydrogens (tertiary/aromatic N) is 2. The largest absolute Gasteiger partial charge is 0.465 e. The van der Waals surface area contributed by atoms with E-state index in [2.05, 4.69) is 41.4 Å². The van der Waals surface area contributed by atoms with Crippen molar-refractivity contribution in [2.24, 2.45) is 23.7 Å². The smallest absolute Gasteiger partial charge is 0.314 e. The molecule has 0 aliphatic carbocycles. The molecule has 328 valence electrons. The van der Waals surface area contributed by atoms with Gasteiger partial charge in [-0.1, -0.05) is 46.4 Å². The number of likely N-dealkylation sites (N-methyl/N-ethyl adjacent to an activating group) is 1. The molecular formula is C44H66FN5O8S. The molecule has 0 amide bonds. The van der Waals surface area contributed by atoms with Crippen LogP contribution >= 0.6 is 11.8 Å². The lowest BCUT2D eigenvalue weighted by Crippen LogP contribution is -2.48. The van der Waals surface area contributed by atoms with Gasteiger partial charge in [0.05, 0.1) is 24.2 Å². The topological polar surface area (TPSA) is 185 Å². The highest BCUT2D eigenvalue weighted by Gasteiger charge is 2.43. The maximum atomic E-state index is 13.7. The van der Waals surface area contributed by atoms with E-state index in [9.17, 15) is 29.0 Å². The van der Waals surface area contributed by atoms with E-state index in [1.807, 2.05) is 39.8 Å². The maximum Gasteiger partial charge on any atom is 0.314 e. The van der Waals surface area contributed by atoms with Gasteiger partial charge in [0.1, 0.15) is 36.4 Å². The van der Waals surface area contributed by atoms with Gasteiger partial charge in [-0.2, -0.15) is 0 Å². The van der Waals surface area contributed by atoms with E-state index < -0.39 is 47.7 Å². The Morgan fingerprint density at radius 1 is 0.915 bits per heavy atom. The van der Waals surface area contributed by atoms with Crippen molar-refractivity contribution in [2.45, 2.75) is 136 Å². The number of rotatable bonds is 25. The van der Waals surface area contributed by atoms with Gasteiger partial charge in [-0.15, -0.1) is 0 Å². The van der Waals surface area contributed by atoms with Gasteiger partial charge in [0.2, 0.25) is 0 Å². The molecule has 0 fully saturated rings. The molecule has 0 saturated carbocycles. The van der Waals surface area contributed by atoms with Gasteiger partial charge in [-0.3, -0.25) is 14.4 Å². The van der Waals surface area contributed by atoms with Crippen LogP contribution in [-0.2, 0) is 28.6 Å². The van der Waals surface area contributed by atoms with Gasteiger partial charge < -0.3 is 40.0 Å². The molecule has 3 rings (SSSR count). The Hall–Kier alpha value is -4.05. The number of anilines is 1. The first-order chi connectivity index (χ1) is 27.8. The maximum absolute atomic E-state index is 13.7. The molecule has 0 aliphatic rings. The van der Waals surface area contributed by atoms with E-state index in [-0.39, 0.29) is 49.7 Å². The van der Waals surface area contributed by atoms with Crippen LogP contribution in [0.1, 0.15) is 101 Å². The van der Waals surface area contributed by atoms with E-state index in [1.165, 1.54) is 30.8 Å². The minimum atomic E-state index is -2.26. The van der Waals surface area contributed by atoms with Crippen molar-refractivity contribution in [1.29, 1.82) is 0 Å². The van der Waals surface area contributed by atoms with Crippen molar-refractivity contribution in [3.63, 3.8) is 0 Å². The molecule has 13 nitrogen and oxygen atoms in total. The Morgan fingerprint density at radius 3 is 2.22 bits per heavy atom. The molecule has 3 aromatic rings. The minimum absolute atomic E-state index is 0.0677. The number of halogens is 1. The fourth-order valence-electron chi connectivity index (χ4n) is 6.85. The molecule has 0 radical (unpaired) electrons. The van der Waals surface area contributed by atoms with E-state index in [0.29, 0.717) is 46.9 Å². The van der Waals surface area contributed by atoms with Gasteiger partial charge in [0.25, 0.3) is 0 Å². The number of esters is 3. The first-order valence-corrected chi connectivity index (χ1v) is 21.7. The number of pyridine rings is 1. The van der Waals surface area contributed by atoms with Crippen LogP contribution in [0.2, 0.25) is 0 Å². The third-order valence-electron chi connectivity index (χ3n) is 10.3. The zero-order valence-electron chi connectivity index (χ0n) is 36.3. The third-order valence-corrected chi connectivity index (χ3v) is 11.1. The molecule has 6 atom stereocenters. The summed E-state index contributed by atoms with van der Waals surface area (Å²) in [6.07, 6.45) is 2.00. The van der Waals surface area contributed by atoms with Gasteiger partial charge in [-0.25, -0.2) is 14.4 Å². The molecule has 15 heteroatoms. The number of thioether (sulfide) groups is 1. The fraction of sp³-hybridized carbons (Fsp3) is 0.614. The second-order valence-corrected chi connectivity index (χ2v) is 17.3. The van der Waals surface area contributed by atoms with Crippen LogP contribution in [0.5, 0.6) is 0 Å². The number of aliphatic hydroxyl groups is 2. The normalized spacial score (nSPS) is 15.0. The second-order valence-electron chi connectivity index (χ2n) is 16.3. The van der Waals surface area contributed by atoms with Gasteiger partial charge in [-0.05, 0) is 102 Å². The van der Waals surface area contributed by atoms with Crippen molar-refractivity contribution in [3.8, 4) is 22.5 Å². The molecular weight excluding hydrogens is 778 g/mol. The van der Waals surface area contributed by atoms with E-state index >= 15 is 0 Å². The Labute approximate surface area is 353 Å². The van der Waals surface area contributed by atoms with E-state index in [0.717, 1.165) is 17.5 Å². The fourth-order valence-corrected chi connectivity index (χ4v) is 7.54. The lowest BCUT2D eigenvalue weighted by Gasteiger charge is -2.35. The highest BCUT2D eigenvalue weighted by Crippen LogP contribution is 2.34. The number of aromatic nitrogens is 3. The molecule has 1 unspecified atom stereocenters. The summed E-state index contributed by atoms with van der Waals surface area (Å²) in [7, 11) is 1.72. The van der Waals surface area contributed by atoms with E-state index in [4.69, 9.17) is 19.2 Å². The number of benzene rings is 1. The van der Waals surface area contributed by atoms with Gasteiger partial charge in [0.15, 0.2) is 10.9 Å². The summed E-state index contributed by atoms with van der Waals surface area (Å²) in [5.41, 5.74) is 2.94. The second kappa shape index (κ2) is 23.7. The SMILES string of the molecule is CC[C@H](C[C@H](OC(=O)CCC(=O)OCCSc1nc(-c2ccnc(NC(C)C)c2)c(-c2ccc(F)cc2)[nH]1)[C@@H](C)NC)OC(=O)[C@H](C)C(O)(O)[C@H](C)CC(C)CC(C)C. The highest BCUT2D eigenvalue weighted by molar-refractivity contribution is 7.99. The quantitative estimate of drug-likeness (QED) is 0.0183. The predicted octanol–water partition coefficient (Wildman–Crippen LogP) is 7.77. The summed E-state index contributed by atoms with van der Waals surface area (Å²) >= 11 is 1.35. The first-order valence-electron chi connectivity index (χ1n) is 20.7. The van der Waals surface area contributed by atoms with Crippen LogP contribution in [0.15, 0.2) is 47.8 Å². The number of imidazole rings is 1.